The molecule has 5 nitrogen and oxygen atoms in total. The van der Waals surface area contributed by atoms with Gasteiger partial charge in [-0.2, -0.15) is 0 Å². The molecule has 0 aromatic carbocycles. The molecule has 1 fully saturated rings. The molecule has 0 unspecified atom stereocenters. The van der Waals surface area contributed by atoms with Crippen LogP contribution in [-0.2, 0) is 19.0 Å². The van der Waals surface area contributed by atoms with E-state index in [1.165, 1.54) is 7.11 Å². The third kappa shape index (κ3) is 2.25. The minimum Gasteiger partial charge on any atom is -0.460 e. The summed E-state index contributed by atoms with van der Waals surface area (Å²) in [6.07, 6.45) is -2.25. The highest BCUT2D eigenvalue weighted by Crippen LogP contribution is 2.28. The Balaban J connectivity index is 2.75. The number of halogens is 1. The molecule has 0 aromatic rings. The van der Waals surface area contributed by atoms with Crippen molar-refractivity contribution in [2.45, 2.75) is 36.4 Å². The minimum absolute atomic E-state index is 0.325. The Kier molecular flexibility index (Phi) is 4.31. The predicted octanol–water partition coefficient (Wildman–Crippen LogP) is 0.0436. The lowest BCUT2D eigenvalue weighted by atomic mass is 10.0. The second kappa shape index (κ2) is 5.06. The molecule has 0 saturated carbocycles. The van der Waals surface area contributed by atoms with Crippen molar-refractivity contribution in [1.29, 1.82) is 0 Å². The van der Waals surface area contributed by atoms with Gasteiger partial charge in [-0.25, -0.2) is 0 Å². The number of aliphatic hydroxyl groups is 1. The number of rotatable bonds is 3. The van der Waals surface area contributed by atoms with Gasteiger partial charge in [-0.3, -0.25) is 4.79 Å². The smallest absolute Gasteiger partial charge is 0.293 e. The first-order valence-corrected chi connectivity index (χ1v) is 5.13. The lowest BCUT2D eigenvalue weighted by Crippen LogP contribution is -2.55. The lowest BCUT2D eigenvalue weighted by Gasteiger charge is -2.39. The van der Waals surface area contributed by atoms with Crippen LogP contribution >= 0.6 is 15.9 Å². The maximum Gasteiger partial charge on any atom is 0.293 e. The van der Waals surface area contributed by atoms with Gasteiger partial charge in [0, 0.05) is 7.11 Å². The molecule has 5 atom stereocenters. The number of carbonyl (C=O) groups excluding carboxylic acids is 1. The molecule has 1 N–H and O–H groups in total. The number of ether oxygens (including phenoxy) is 3. The highest BCUT2D eigenvalue weighted by molar-refractivity contribution is 9.09. The summed E-state index contributed by atoms with van der Waals surface area (Å²) in [5, 5.41) is 9.44. The van der Waals surface area contributed by atoms with Crippen LogP contribution in [0, 0.1) is 0 Å². The van der Waals surface area contributed by atoms with Crippen LogP contribution in [0.25, 0.3) is 0 Å². The van der Waals surface area contributed by atoms with Crippen molar-refractivity contribution >= 4 is 22.4 Å². The van der Waals surface area contributed by atoms with E-state index >= 15 is 0 Å². The Morgan fingerprint density at radius 1 is 1.50 bits per heavy atom. The molecule has 0 aromatic heterocycles. The van der Waals surface area contributed by atoms with E-state index in [9.17, 15) is 9.90 Å². The summed E-state index contributed by atoms with van der Waals surface area (Å²) in [5.41, 5.74) is 0. The third-order valence-electron chi connectivity index (χ3n) is 2.21. The first-order chi connectivity index (χ1) is 6.61. The standard InChI is InChI=1S/C8H13BrO5/c1-4-6(12-2)7(13-3-10)5(9)8(11)14-4/h3-8,11H,1-2H3/t4-,5-,6-,7-,8-/m0/s1. The lowest BCUT2D eigenvalue weighted by molar-refractivity contribution is -0.230. The van der Waals surface area contributed by atoms with Gasteiger partial charge in [0.1, 0.15) is 17.0 Å². The number of hydrogen-bond acceptors (Lipinski definition) is 5. The summed E-state index contributed by atoms with van der Waals surface area (Å²) in [6.45, 7) is 2.09. The highest BCUT2D eigenvalue weighted by Gasteiger charge is 2.44. The summed E-state index contributed by atoms with van der Waals surface area (Å²) in [6, 6.07) is 0. The Labute approximate surface area is 90.5 Å². The molecule has 0 spiro atoms. The average molecular weight is 269 g/mol. The normalized spacial score (nSPS) is 43.3. The predicted molar refractivity (Wildman–Crippen MR) is 51.0 cm³/mol. The summed E-state index contributed by atoms with van der Waals surface area (Å²) in [7, 11) is 1.50. The van der Waals surface area contributed by atoms with Crippen molar-refractivity contribution in [1.82, 2.24) is 0 Å². The summed E-state index contributed by atoms with van der Waals surface area (Å²) < 4.78 is 15.2. The molecule has 82 valence electrons. The van der Waals surface area contributed by atoms with Gasteiger partial charge < -0.3 is 19.3 Å². The van der Waals surface area contributed by atoms with E-state index in [4.69, 9.17) is 14.2 Å². The van der Waals surface area contributed by atoms with Gasteiger partial charge >= 0.3 is 0 Å². The van der Waals surface area contributed by atoms with Crippen LogP contribution in [0.1, 0.15) is 6.92 Å². The Morgan fingerprint density at radius 3 is 2.64 bits per heavy atom. The Hall–Kier alpha value is -0.170. The monoisotopic (exact) mass is 268 g/mol. The van der Waals surface area contributed by atoms with Crippen molar-refractivity contribution in [3.05, 3.63) is 0 Å². The van der Waals surface area contributed by atoms with Gasteiger partial charge in [-0.05, 0) is 6.92 Å². The van der Waals surface area contributed by atoms with E-state index in [0.717, 1.165) is 0 Å². The van der Waals surface area contributed by atoms with E-state index in [1.807, 2.05) is 0 Å². The maximum absolute atomic E-state index is 10.3. The second-order valence-electron chi connectivity index (χ2n) is 3.07. The molecule has 1 aliphatic heterocycles. The van der Waals surface area contributed by atoms with E-state index in [-0.39, 0.29) is 12.2 Å². The van der Waals surface area contributed by atoms with Crippen molar-refractivity contribution in [2.24, 2.45) is 0 Å². The fourth-order valence-corrected chi connectivity index (χ4v) is 2.08. The van der Waals surface area contributed by atoms with Gasteiger partial charge in [-0.15, -0.1) is 0 Å². The van der Waals surface area contributed by atoms with E-state index < -0.39 is 17.2 Å². The maximum atomic E-state index is 10.3. The topological polar surface area (TPSA) is 65.0 Å². The molecule has 0 radical (unpaired) electrons. The number of aliphatic hydroxyl groups excluding tert-OH is 1. The Bertz CT molecular complexity index is 200. The fourth-order valence-electron chi connectivity index (χ4n) is 1.53. The molecule has 14 heavy (non-hydrogen) atoms. The molecule has 0 bridgehead atoms. The second-order valence-corrected chi connectivity index (χ2v) is 4.13. The van der Waals surface area contributed by atoms with Crippen molar-refractivity contribution in [3.8, 4) is 0 Å². The summed E-state index contributed by atoms with van der Waals surface area (Å²) in [4.78, 5) is 9.79. The third-order valence-corrected chi connectivity index (χ3v) is 3.18. The van der Waals surface area contributed by atoms with Crippen LogP contribution in [0.5, 0.6) is 0 Å². The van der Waals surface area contributed by atoms with Crippen LogP contribution in [0.3, 0.4) is 0 Å². The fraction of sp³-hybridized carbons (Fsp3) is 0.875. The van der Waals surface area contributed by atoms with E-state index in [1.54, 1.807) is 6.92 Å². The van der Waals surface area contributed by atoms with E-state index in [0.29, 0.717) is 6.47 Å². The SMILES string of the molecule is CO[C@@H]1[C@@H](OC=O)[C@H](Br)[C@@H](O)O[C@H]1C. The Morgan fingerprint density at radius 2 is 2.14 bits per heavy atom. The van der Waals surface area contributed by atoms with Gasteiger partial charge in [0.05, 0.1) is 6.10 Å². The molecule has 0 aliphatic carbocycles. The van der Waals surface area contributed by atoms with E-state index in [2.05, 4.69) is 15.9 Å². The highest BCUT2D eigenvalue weighted by atomic mass is 79.9. The molecular formula is C8H13BrO5. The molecular weight excluding hydrogens is 256 g/mol. The van der Waals surface area contributed by atoms with Crippen molar-refractivity contribution in [3.63, 3.8) is 0 Å². The van der Waals surface area contributed by atoms with Crippen LogP contribution in [0.4, 0.5) is 0 Å². The average Bonchev–Trinajstić information content (AvgIpc) is 2.14. The van der Waals surface area contributed by atoms with Gasteiger partial charge in [-0.1, -0.05) is 15.9 Å². The molecule has 1 heterocycles. The largest absolute Gasteiger partial charge is 0.460 e. The summed E-state index contributed by atoms with van der Waals surface area (Å²) in [5.74, 6) is 0. The van der Waals surface area contributed by atoms with Crippen molar-refractivity contribution < 1.29 is 24.1 Å². The summed E-state index contributed by atoms with van der Waals surface area (Å²) >= 11 is 3.19. The molecule has 1 rings (SSSR count). The molecule has 6 heteroatoms. The van der Waals surface area contributed by atoms with Gasteiger partial charge in [0.15, 0.2) is 6.29 Å². The first-order valence-electron chi connectivity index (χ1n) is 4.21. The van der Waals surface area contributed by atoms with Gasteiger partial charge in [0.2, 0.25) is 0 Å². The van der Waals surface area contributed by atoms with Crippen LogP contribution in [-0.4, -0.2) is 48.1 Å². The number of methoxy groups -OCH3 is 1. The molecule has 1 saturated heterocycles. The first kappa shape index (κ1) is 11.9. The zero-order chi connectivity index (χ0) is 10.7. The minimum atomic E-state index is -0.999. The quantitative estimate of drug-likeness (QED) is 0.579. The number of carbonyl (C=O) groups is 1. The zero-order valence-electron chi connectivity index (χ0n) is 7.92. The number of hydrogen-bond donors (Lipinski definition) is 1. The number of alkyl halides is 1. The molecule has 0 amide bonds. The van der Waals surface area contributed by atoms with Crippen LogP contribution < -0.4 is 0 Å². The van der Waals surface area contributed by atoms with Crippen molar-refractivity contribution in [2.75, 3.05) is 7.11 Å². The van der Waals surface area contributed by atoms with Gasteiger partial charge in [0.25, 0.3) is 6.47 Å². The van der Waals surface area contributed by atoms with Crippen LogP contribution in [0.2, 0.25) is 0 Å². The molecule has 1 aliphatic rings. The zero-order valence-corrected chi connectivity index (χ0v) is 9.51. The van der Waals surface area contributed by atoms with Crippen LogP contribution in [0.15, 0.2) is 0 Å².